The highest BCUT2D eigenvalue weighted by atomic mass is 16.5. The minimum Gasteiger partial charge on any atom is -0.497 e. The third-order valence-electron chi connectivity index (χ3n) is 5.63. The fraction of sp³-hybridized carbons (Fsp3) is 0.292. The summed E-state index contributed by atoms with van der Waals surface area (Å²) in [5.74, 6) is 0.468. The first kappa shape index (κ1) is 21.4. The number of carbonyl (C=O) groups excluding carboxylic acids is 2. The summed E-state index contributed by atoms with van der Waals surface area (Å²) < 4.78 is 6.59. The number of likely N-dealkylation sites (tertiary alicyclic amines) is 1. The number of rotatable bonds is 6. The van der Waals surface area contributed by atoms with Gasteiger partial charge in [-0.15, -0.1) is 0 Å². The van der Waals surface area contributed by atoms with E-state index < -0.39 is 0 Å². The van der Waals surface area contributed by atoms with Crippen molar-refractivity contribution in [2.24, 2.45) is 0 Å². The molecule has 166 valence electrons. The van der Waals surface area contributed by atoms with Crippen molar-refractivity contribution >= 4 is 11.8 Å². The average Bonchev–Trinajstić information content (AvgIpc) is 3.13. The van der Waals surface area contributed by atoms with Crippen LogP contribution in [0.2, 0.25) is 0 Å². The normalized spacial score (nSPS) is 16.5. The standard InChI is InChI=1S/C24H26N4O4/c1-32-20-9-5-6-17(14-20)16-27-13-12-18(10-11-22(27)29)25-24(31)21-15-23(30)28(26-21)19-7-3-2-4-8-19/h2-9,14-15,18,26H,10-13,16H2,1H3,(H,25,31). The van der Waals surface area contributed by atoms with Crippen molar-refractivity contribution in [1.29, 1.82) is 0 Å². The maximum absolute atomic E-state index is 12.7. The van der Waals surface area contributed by atoms with Crippen molar-refractivity contribution in [3.8, 4) is 11.4 Å². The zero-order chi connectivity index (χ0) is 22.5. The van der Waals surface area contributed by atoms with Gasteiger partial charge in [0, 0.05) is 31.6 Å². The molecule has 0 bridgehead atoms. The highest BCUT2D eigenvalue weighted by Gasteiger charge is 2.24. The van der Waals surface area contributed by atoms with Crippen LogP contribution in [0.15, 0.2) is 65.5 Å². The fourth-order valence-electron chi connectivity index (χ4n) is 3.88. The molecule has 2 heterocycles. The van der Waals surface area contributed by atoms with Crippen LogP contribution in [0, 0.1) is 0 Å². The van der Waals surface area contributed by atoms with Crippen LogP contribution in [0.5, 0.6) is 5.75 Å². The van der Waals surface area contributed by atoms with Crippen molar-refractivity contribution in [3.05, 3.63) is 82.3 Å². The van der Waals surface area contributed by atoms with E-state index in [9.17, 15) is 14.4 Å². The van der Waals surface area contributed by atoms with Gasteiger partial charge in [0.2, 0.25) is 5.91 Å². The summed E-state index contributed by atoms with van der Waals surface area (Å²) in [6.07, 6.45) is 1.56. The molecule has 2 amide bonds. The van der Waals surface area contributed by atoms with Crippen LogP contribution >= 0.6 is 0 Å². The van der Waals surface area contributed by atoms with Gasteiger partial charge in [-0.1, -0.05) is 30.3 Å². The Bertz CT molecular complexity index is 1150. The first-order chi connectivity index (χ1) is 15.5. The number of hydrogen-bond donors (Lipinski definition) is 2. The van der Waals surface area contributed by atoms with Gasteiger partial charge >= 0.3 is 0 Å². The molecule has 0 saturated carbocycles. The Hall–Kier alpha value is -3.81. The summed E-state index contributed by atoms with van der Waals surface area (Å²) in [5.41, 5.74) is 1.55. The second-order valence-corrected chi connectivity index (χ2v) is 7.84. The molecule has 1 atom stereocenters. The summed E-state index contributed by atoms with van der Waals surface area (Å²) in [6.45, 7) is 1.05. The minimum absolute atomic E-state index is 0.0632. The molecule has 1 aliphatic heterocycles. The molecule has 2 N–H and O–H groups in total. The Kier molecular flexibility index (Phi) is 6.39. The van der Waals surface area contributed by atoms with Crippen LogP contribution in [-0.4, -0.2) is 46.2 Å². The van der Waals surface area contributed by atoms with Gasteiger partial charge in [-0.2, -0.15) is 0 Å². The van der Waals surface area contributed by atoms with E-state index in [1.54, 1.807) is 19.2 Å². The number of aromatic amines is 1. The van der Waals surface area contributed by atoms with Crippen molar-refractivity contribution in [2.45, 2.75) is 31.8 Å². The molecule has 0 spiro atoms. The van der Waals surface area contributed by atoms with E-state index in [4.69, 9.17) is 4.74 Å². The predicted octanol–water partition coefficient (Wildman–Crippen LogP) is 2.49. The minimum atomic E-state index is -0.351. The lowest BCUT2D eigenvalue weighted by molar-refractivity contribution is -0.131. The first-order valence-corrected chi connectivity index (χ1v) is 10.6. The van der Waals surface area contributed by atoms with Gasteiger partial charge in [-0.05, 0) is 42.7 Å². The van der Waals surface area contributed by atoms with Gasteiger partial charge in [0.25, 0.3) is 11.5 Å². The van der Waals surface area contributed by atoms with E-state index >= 15 is 0 Å². The molecule has 32 heavy (non-hydrogen) atoms. The third-order valence-corrected chi connectivity index (χ3v) is 5.63. The zero-order valence-corrected chi connectivity index (χ0v) is 17.9. The second-order valence-electron chi connectivity index (χ2n) is 7.84. The molecule has 1 aromatic heterocycles. The topological polar surface area (TPSA) is 96.4 Å². The molecule has 1 saturated heterocycles. The van der Waals surface area contributed by atoms with Crippen LogP contribution < -0.4 is 15.6 Å². The summed E-state index contributed by atoms with van der Waals surface area (Å²) in [5, 5.41) is 5.84. The van der Waals surface area contributed by atoms with Gasteiger partial charge in [-0.3, -0.25) is 19.5 Å². The number of nitrogens with one attached hydrogen (secondary N) is 2. The Labute approximate surface area is 185 Å². The molecule has 8 heteroatoms. The largest absolute Gasteiger partial charge is 0.497 e. The van der Waals surface area contributed by atoms with Crippen LogP contribution in [-0.2, 0) is 11.3 Å². The predicted molar refractivity (Wildman–Crippen MR) is 120 cm³/mol. The lowest BCUT2D eigenvalue weighted by Gasteiger charge is -2.21. The number of methoxy groups -OCH3 is 1. The van der Waals surface area contributed by atoms with Crippen LogP contribution in [0.1, 0.15) is 35.3 Å². The number of para-hydroxylation sites is 1. The summed E-state index contributed by atoms with van der Waals surface area (Å²) in [6, 6.07) is 17.9. The third kappa shape index (κ3) is 4.91. The second kappa shape index (κ2) is 9.55. The van der Waals surface area contributed by atoms with Crippen molar-refractivity contribution in [1.82, 2.24) is 20.0 Å². The molecular weight excluding hydrogens is 408 g/mol. The number of carbonyl (C=O) groups is 2. The first-order valence-electron chi connectivity index (χ1n) is 10.6. The molecule has 0 aliphatic carbocycles. The van der Waals surface area contributed by atoms with Crippen LogP contribution in [0.4, 0.5) is 0 Å². The average molecular weight is 434 g/mol. The fourth-order valence-corrected chi connectivity index (χ4v) is 3.88. The van der Waals surface area contributed by atoms with E-state index in [0.717, 1.165) is 11.3 Å². The van der Waals surface area contributed by atoms with Gasteiger partial charge in [-0.25, -0.2) is 4.68 Å². The molecule has 1 unspecified atom stereocenters. The Morgan fingerprint density at radius 1 is 1.09 bits per heavy atom. The lowest BCUT2D eigenvalue weighted by atomic mass is 10.1. The van der Waals surface area contributed by atoms with E-state index in [0.29, 0.717) is 38.0 Å². The maximum atomic E-state index is 12.7. The van der Waals surface area contributed by atoms with Crippen LogP contribution in [0.25, 0.3) is 5.69 Å². The van der Waals surface area contributed by atoms with Gasteiger partial charge in [0.05, 0.1) is 12.8 Å². The highest BCUT2D eigenvalue weighted by Crippen LogP contribution is 2.18. The quantitative estimate of drug-likeness (QED) is 0.623. The number of aromatic nitrogens is 2. The van der Waals surface area contributed by atoms with E-state index in [1.807, 2.05) is 47.4 Å². The zero-order valence-electron chi connectivity index (χ0n) is 17.9. The van der Waals surface area contributed by atoms with Gasteiger partial charge in [0.15, 0.2) is 0 Å². The number of ether oxygens (including phenoxy) is 1. The number of nitrogens with zero attached hydrogens (tertiary/aromatic N) is 2. The smallest absolute Gasteiger partial charge is 0.271 e. The van der Waals surface area contributed by atoms with E-state index in [2.05, 4.69) is 10.4 Å². The SMILES string of the molecule is COc1cccc(CN2CCC(NC(=O)c3cc(=O)n(-c4ccccc4)[nH]3)CCC2=O)c1. The molecule has 1 fully saturated rings. The molecule has 2 aromatic carbocycles. The Balaban J connectivity index is 1.39. The van der Waals surface area contributed by atoms with Crippen molar-refractivity contribution in [2.75, 3.05) is 13.7 Å². The summed E-state index contributed by atoms with van der Waals surface area (Å²) >= 11 is 0. The van der Waals surface area contributed by atoms with Gasteiger partial charge < -0.3 is 15.0 Å². The number of benzene rings is 2. The van der Waals surface area contributed by atoms with E-state index in [1.165, 1.54) is 10.7 Å². The Morgan fingerprint density at radius 2 is 1.91 bits per heavy atom. The maximum Gasteiger partial charge on any atom is 0.271 e. The van der Waals surface area contributed by atoms with Gasteiger partial charge in [0.1, 0.15) is 11.4 Å². The van der Waals surface area contributed by atoms with Crippen molar-refractivity contribution < 1.29 is 14.3 Å². The van der Waals surface area contributed by atoms with E-state index in [-0.39, 0.29) is 29.1 Å². The molecular formula is C24H26N4O4. The molecule has 1 aliphatic rings. The molecule has 3 aromatic rings. The molecule has 8 nitrogen and oxygen atoms in total. The molecule has 0 radical (unpaired) electrons. The number of amides is 2. The lowest BCUT2D eigenvalue weighted by Crippen LogP contribution is -2.36. The Morgan fingerprint density at radius 3 is 2.69 bits per heavy atom. The van der Waals surface area contributed by atoms with Crippen LogP contribution in [0.3, 0.4) is 0 Å². The molecule has 4 rings (SSSR count). The number of H-pyrrole nitrogens is 1. The number of hydrogen-bond acceptors (Lipinski definition) is 4. The monoisotopic (exact) mass is 434 g/mol. The summed E-state index contributed by atoms with van der Waals surface area (Å²) in [7, 11) is 1.62. The summed E-state index contributed by atoms with van der Waals surface area (Å²) in [4.78, 5) is 39.5. The van der Waals surface area contributed by atoms with Crippen molar-refractivity contribution in [3.63, 3.8) is 0 Å². The highest BCUT2D eigenvalue weighted by molar-refractivity contribution is 5.92.